The van der Waals surface area contributed by atoms with Gasteiger partial charge < -0.3 is 4.90 Å². The number of halogens is 1. The van der Waals surface area contributed by atoms with E-state index in [2.05, 4.69) is 15.9 Å². The Balaban J connectivity index is 2.39. The largest absolute Gasteiger partial charge is 0.342 e. The van der Waals surface area contributed by atoms with Gasteiger partial charge in [-0.05, 0) is 12.8 Å². The molecule has 0 N–H and O–H groups in total. The van der Waals surface area contributed by atoms with Crippen molar-refractivity contribution in [2.45, 2.75) is 31.0 Å². The maximum absolute atomic E-state index is 11.2. The lowest BCUT2D eigenvalue weighted by Crippen LogP contribution is -2.39. The van der Waals surface area contributed by atoms with E-state index >= 15 is 0 Å². The van der Waals surface area contributed by atoms with Crippen molar-refractivity contribution in [1.29, 1.82) is 0 Å². The third kappa shape index (κ3) is 2.47. The fourth-order valence-electron chi connectivity index (χ4n) is 1.38. The van der Waals surface area contributed by atoms with E-state index in [9.17, 15) is 4.79 Å². The Labute approximate surface area is 76.1 Å². The summed E-state index contributed by atoms with van der Waals surface area (Å²) in [6.45, 7) is 3.77. The van der Waals surface area contributed by atoms with Gasteiger partial charge in [-0.15, -0.1) is 0 Å². The highest BCUT2D eigenvalue weighted by molar-refractivity contribution is 9.09. The second-order valence-electron chi connectivity index (χ2n) is 2.93. The van der Waals surface area contributed by atoms with Gasteiger partial charge in [-0.25, -0.2) is 0 Å². The monoisotopic (exact) mass is 219 g/mol. The molecule has 0 aromatic rings. The summed E-state index contributed by atoms with van der Waals surface area (Å²) in [6.07, 6.45) is 2.98. The van der Waals surface area contributed by atoms with E-state index in [-0.39, 0.29) is 5.91 Å². The number of rotatable bonds is 1. The highest BCUT2D eigenvalue weighted by atomic mass is 79.9. The Hall–Kier alpha value is -0.0500. The molecule has 1 unspecified atom stereocenters. The molecule has 0 spiro atoms. The SMILES string of the molecule is CCC(=O)N1CCCC(Br)C1. The minimum atomic E-state index is 0.286. The Bertz CT molecular complexity index is 149. The van der Waals surface area contributed by atoms with Crippen LogP contribution in [0.25, 0.3) is 0 Å². The molecule has 3 heteroatoms. The first-order chi connectivity index (χ1) is 5.24. The first kappa shape index (κ1) is 9.04. The summed E-state index contributed by atoms with van der Waals surface area (Å²) in [5, 5.41) is 0. The van der Waals surface area contributed by atoms with E-state index in [0.717, 1.165) is 19.5 Å². The van der Waals surface area contributed by atoms with Gasteiger partial charge in [-0.2, -0.15) is 0 Å². The third-order valence-electron chi connectivity index (χ3n) is 2.02. The third-order valence-corrected chi connectivity index (χ3v) is 2.77. The van der Waals surface area contributed by atoms with Crippen molar-refractivity contribution in [3.8, 4) is 0 Å². The molecular weight excluding hydrogens is 206 g/mol. The minimum Gasteiger partial charge on any atom is -0.342 e. The standard InChI is InChI=1S/C8H14BrNO/c1-2-8(11)10-5-3-4-7(9)6-10/h7H,2-6H2,1H3. The second kappa shape index (κ2) is 4.10. The van der Waals surface area contributed by atoms with Crippen molar-refractivity contribution in [3.63, 3.8) is 0 Å². The van der Waals surface area contributed by atoms with Crippen molar-refractivity contribution >= 4 is 21.8 Å². The smallest absolute Gasteiger partial charge is 0.222 e. The van der Waals surface area contributed by atoms with Crippen molar-refractivity contribution in [1.82, 2.24) is 4.90 Å². The molecule has 1 amide bonds. The highest BCUT2D eigenvalue weighted by Gasteiger charge is 2.19. The van der Waals surface area contributed by atoms with Crippen LogP contribution >= 0.6 is 15.9 Å². The van der Waals surface area contributed by atoms with Gasteiger partial charge in [0.05, 0.1) is 0 Å². The molecule has 2 nitrogen and oxygen atoms in total. The van der Waals surface area contributed by atoms with Crippen molar-refractivity contribution < 1.29 is 4.79 Å². The van der Waals surface area contributed by atoms with Crippen LogP contribution in [0.3, 0.4) is 0 Å². The van der Waals surface area contributed by atoms with E-state index in [1.165, 1.54) is 6.42 Å². The Morgan fingerprint density at radius 1 is 1.73 bits per heavy atom. The highest BCUT2D eigenvalue weighted by Crippen LogP contribution is 2.16. The molecule has 1 aliphatic rings. The molecule has 1 rings (SSSR count). The van der Waals surface area contributed by atoms with Crippen LogP contribution in [0.2, 0.25) is 0 Å². The van der Waals surface area contributed by atoms with Crippen molar-refractivity contribution in [3.05, 3.63) is 0 Å². The number of nitrogens with zero attached hydrogens (tertiary/aromatic N) is 1. The number of likely N-dealkylation sites (tertiary alicyclic amines) is 1. The fourth-order valence-corrected chi connectivity index (χ4v) is 2.05. The van der Waals surface area contributed by atoms with Gasteiger partial charge in [0.1, 0.15) is 0 Å². The average Bonchev–Trinajstić information content (AvgIpc) is 2.03. The summed E-state index contributed by atoms with van der Waals surface area (Å²) >= 11 is 3.53. The van der Waals surface area contributed by atoms with Gasteiger partial charge >= 0.3 is 0 Å². The summed E-state index contributed by atoms with van der Waals surface area (Å²) in [6, 6.07) is 0. The van der Waals surface area contributed by atoms with Gasteiger partial charge in [0.15, 0.2) is 0 Å². The van der Waals surface area contributed by atoms with Gasteiger partial charge in [0.25, 0.3) is 0 Å². The predicted molar refractivity (Wildman–Crippen MR) is 48.8 cm³/mol. The molecular formula is C8H14BrNO. The quantitative estimate of drug-likeness (QED) is 0.617. The molecule has 0 aromatic heterocycles. The second-order valence-corrected chi connectivity index (χ2v) is 4.23. The first-order valence-corrected chi connectivity index (χ1v) is 5.07. The number of alkyl halides is 1. The number of hydrogen-bond acceptors (Lipinski definition) is 1. The molecule has 11 heavy (non-hydrogen) atoms. The lowest BCUT2D eigenvalue weighted by Gasteiger charge is -2.29. The molecule has 1 heterocycles. The van der Waals surface area contributed by atoms with Crippen LogP contribution in [0.15, 0.2) is 0 Å². The molecule has 0 saturated carbocycles. The van der Waals surface area contributed by atoms with Crippen molar-refractivity contribution in [2.24, 2.45) is 0 Å². The van der Waals surface area contributed by atoms with Crippen LogP contribution in [0.5, 0.6) is 0 Å². The maximum Gasteiger partial charge on any atom is 0.222 e. The summed E-state index contributed by atoms with van der Waals surface area (Å²) in [7, 11) is 0. The summed E-state index contributed by atoms with van der Waals surface area (Å²) < 4.78 is 0. The average molecular weight is 220 g/mol. The molecule has 0 aromatic carbocycles. The summed E-state index contributed by atoms with van der Waals surface area (Å²) in [4.78, 5) is 13.7. The van der Waals surface area contributed by atoms with Crippen LogP contribution < -0.4 is 0 Å². The van der Waals surface area contributed by atoms with E-state index in [0.29, 0.717) is 11.2 Å². The van der Waals surface area contributed by atoms with Crippen LogP contribution in [0.1, 0.15) is 26.2 Å². The van der Waals surface area contributed by atoms with E-state index < -0.39 is 0 Å². The van der Waals surface area contributed by atoms with Gasteiger partial charge in [-0.3, -0.25) is 4.79 Å². The molecule has 0 aliphatic carbocycles. The summed E-state index contributed by atoms with van der Waals surface area (Å²) in [5.74, 6) is 0.286. The summed E-state index contributed by atoms with van der Waals surface area (Å²) in [5.41, 5.74) is 0. The normalized spacial score (nSPS) is 25.3. The van der Waals surface area contributed by atoms with Crippen LogP contribution in [-0.4, -0.2) is 28.7 Å². The molecule has 0 radical (unpaired) electrons. The van der Waals surface area contributed by atoms with Crippen LogP contribution in [0, 0.1) is 0 Å². The lowest BCUT2D eigenvalue weighted by molar-refractivity contribution is -0.131. The Morgan fingerprint density at radius 2 is 2.45 bits per heavy atom. The minimum absolute atomic E-state index is 0.286. The Kier molecular flexibility index (Phi) is 3.37. The maximum atomic E-state index is 11.2. The van der Waals surface area contributed by atoms with Gasteiger partial charge in [0, 0.05) is 24.3 Å². The van der Waals surface area contributed by atoms with Crippen LogP contribution in [0.4, 0.5) is 0 Å². The van der Waals surface area contributed by atoms with E-state index in [1.54, 1.807) is 0 Å². The van der Waals surface area contributed by atoms with Gasteiger partial charge in [-0.1, -0.05) is 22.9 Å². The number of carbonyl (C=O) groups is 1. The molecule has 1 fully saturated rings. The zero-order valence-electron chi connectivity index (χ0n) is 6.85. The Morgan fingerprint density at radius 3 is 3.00 bits per heavy atom. The van der Waals surface area contributed by atoms with Gasteiger partial charge in [0.2, 0.25) is 5.91 Å². The zero-order valence-corrected chi connectivity index (χ0v) is 8.43. The number of hydrogen-bond donors (Lipinski definition) is 0. The molecule has 1 atom stereocenters. The number of amides is 1. The molecule has 1 aliphatic heterocycles. The fraction of sp³-hybridized carbons (Fsp3) is 0.875. The molecule has 0 bridgehead atoms. The van der Waals surface area contributed by atoms with E-state index in [4.69, 9.17) is 0 Å². The van der Waals surface area contributed by atoms with E-state index in [1.807, 2.05) is 11.8 Å². The molecule has 1 saturated heterocycles. The first-order valence-electron chi connectivity index (χ1n) is 4.16. The van der Waals surface area contributed by atoms with Crippen molar-refractivity contribution in [2.75, 3.05) is 13.1 Å². The number of piperidine rings is 1. The predicted octanol–water partition coefficient (Wildman–Crippen LogP) is 1.78. The topological polar surface area (TPSA) is 20.3 Å². The van der Waals surface area contributed by atoms with Crippen LogP contribution in [-0.2, 0) is 4.79 Å². The molecule has 64 valence electrons. The zero-order chi connectivity index (χ0) is 8.27. The number of carbonyl (C=O) groups excluding carboxylic acids is 1. The lowest BCUT2D eigenvalue weighted by atomic mass is 10.1.